The van der Waals surface area contributed by atoms with E-state index in [1.165, 1.54) is 12.1 Å². The van der Waals surface area contributed by atoms with Gasteiger partial charge in [0.25, 0.3) is 0 Å². The van der Waals surface area contributed by atoms with Crippen molar-refractivity contribution in [2.24, 2.45) is 5.73 Å². The molecule has 0 aliphatic heterocycles. The Morgan fingerprint density at radius 1 is 1.44 bits per heavy atom. The number of carbonyl (C=O) groups is 2. The number of benzene rings is 1. The number of nitrogens with one attached hydrogen (secondary N) is 1. The van der Waals surface area contributed by atoms with Gasteiger partial charge in [-0.1, -0.05) is 15.9 Å². The molecule has 0 fully saturated rings. The molecule has 16 heavy (non-hydrogen) atoms. The van der Waals surface area contributed by atoms with Gasteiger partial charge in [-0.2, -0.15) is 0 Å². The summed E-state index contributed by atoms with van der Waals surface area (Å²) in [6, 6.07) is 3.77. The van der Waals surface area contributed by atoms with Crippen LogP contribution < -0.4 is 11.1 Å². The molecule has 0 saturated carbocycles. The van der Waals surface area contributed by atoms with Crippen LogP contribution in [0.25, 0.3) is 0 Å². The van der Waals surface area contributed by atoms with Crippen molar-refractivity contribution >= 4 is 33.5 Å². The molecule has 1 aromatic rings. The molecule has 0 saturated heterocycles. The van der Waals surface area contributed by atoms with Crippen LogP contribution in [0.2, 0.25) is 0 Å². The Balaban J connectivity index is 2.97. The zero-order valence-corrected chi connectivity index (χ0v) is 10.1. The molecule has 1 aromatic carbocycles. The van der Waals surface area contributed by atoms with E-state index in [9.17, 15) is 9.59 Å². The third-order valence-electron chi connectivity index (χ3n) is 1.83. The number of rotatable bonds is 3. The van der Waals surface area contributed by atoms with Gasteiger partial charge in [0.05, 0.1) is 11.6 Å². The van der Waals surface area contributed by atoms with Crippen LogP contribution in [0.15, 0.2) is 22.7 Å². The highest BCUT2D eigenvalue weighted by Gasteiger charge is 2.10. The van der Waals surface area contributed by atoms with Gasteiger partial charge in [-0.3, -0.25) is 4.79 Å². The summed E-state index contributed by atoms with van der Waals surface area (Å²) in [5, 5.41) is 11.3. The van der Waals surface area contributed by atoms with Crippen molar-refractivity contribution in [3.05, 3.63) is 28.2 Å². The molecular weight excluding hydrogens is 276 g/mol. The van der Waals surface area contributed by atoms with Crippen molar-refractivity contribution in [1.82, 2.24) is 0 Å². The lowest BCUT2D eigenvalue weighted by atomic mass is 10.2. The van der Waals surface area contributed by atoms with E-state index in [0.717, 1.165) is 0 Å². The molecule has 1 atom stereocenters. The second-order valence-electron chi connectivity index (χ2n) is 3.31. The van der Waals surface area contributed by atoms with Crippen LogP contribution in [0.1, 0.15) is 17.3 Å². The molecule has 0 aromatic heterocycles. The zero-order chi connectivity index (χ0) is 12.3. The number of hydrogen-bond acceptors (Lipinski definition) is 3. The number of carbonyl (C=O) groups excluding carboxylic acids is 1. The van der Waals surface area contributed by atoms with Gasteiger partial charge in [0.15, 0.2) is 0 Å². The Hall–Kier alpha value is -1.40. The number of amides is 1. The van der Waals surface area contributed by atoms with E-state index < -0.39 is 12.0 Å². The summed E-state index contributed by atoms with van der Waals surface area (Å²) in [4.78, 5) is 22.1. The van der Waals surface area contributed by atoms with Gasteiger partial charge in [-0.25, -0.2) is 4.79 Å². The number of halogens is 1. The molecule has 0 radical (unpaired) electrons. The molecular formula is C10H11BrN2O3. The maximum absolute atomic E-state index is 11.3. The third kappa shape index (κ3) is 3.32. The molecule has 6 heteroatoms. The first kappa shape index (κ1) is 12.7. The Morgan fingerprint density at radius 2 is 2.06 bits per heavy atom. The fraction of sp³-hybridized carbons (Fsp3) is 0.200. The highest BCUT2D eigenvalue weighted by molar-refractivity contribution is 9.10. The first-order valence-electron chi connectivity index (χ1n) is 4.50. The second kappa shape index (κ2) is 5.09. The summed E-state index contributed by atoms with van der Waals surface area (Å²) in [7, 11) is 0. The predicted molar refractivity (Wildman–Crippen MR) is 63.4 cm³/mol. The summed E-state index contributed by atoms with van der Waals surface area (Å²) in [6.45, 7) is 1.55. The summed E-state index contributed by atoms with van der Waals surface area (Å²) >= 11 is 3.16. The van der Waals surface area contributed by atoms with Crippen LogP contribution in [0.5, 0.6) is 0 Å². The normalized spacial score (nSPS) is 11.9. The molecule has 1 unspecified atom stereocenters. The van der Waals surface area contributed by atoms with E-state index in [-0.39, 0.29) is 11.5 Å². The third-order valence-corrected chi connectivity index (χ3v) is 2.28. The minimum Gasteiger partial charge on any atom is -0.478 e. The number of carboxylic acid groups (broad SMARTS) is 1. The van der Waals surface area contributed by atoms with Crippen LogP contribution >= 0.6 is 15.9 Å². The van der Waals surface area contributed by atoms with Crippen molar-refractivity contribution in [2.75, 3.05) is 5.32 Å². The number of carboxylic acids is 1. The molecule has 0 aliphatic carbocycles. The van der Waals surface area contributed by atoms with Gasteiger partial charge in [0.2, 0.25) is 5.91 Å². The van der Waals surface area contributed by atoms with E-state index >= 15 is 0 Å². The minimum absolute atomic E-state index is 0.0920. The molecule has 1 amide bonds. The molecule has 0 spiro atoms. The van der Waals surface area contributed by atoms with Crippen LogP contribution in [0, 0.1) is 0 Å². The van der Waals surface area contributed by atoms with E-state index in [2.05, 4.69) is 21.2 Å². The van der Waals surface area contributed by atoms with E-state index in [1.807, 2.05) is 0 Å². The van der Waals surface area contributed by atoms with Gasteiger partial charge in [-0.15, -0.1) is 0 Å². The molecule has 5 nitrogen and oxygen atoms in total. The quantitative estimate of drug-likeness (QED) is 0.784. The van der Waals surface area contributed by atoms with Crippen LogP contribution in [-0.2, 0) is 4.79 Å². The first-order valence-corrected chi connectivity index (χ1v) is 5.30. The van der Waals surface area contributed by atoms with Crippen molar-refractivity contribution in [3.8, 4) is 0 Å². The number of hydrogen-bond donors (Lipinski definition) is 3. The Kier molecular flexibility index (Phi) is 4.03. The van der Waals surface area contributed by atoms with Gasteiger partial charge in [-0.05, 0) is 25.1 Å². The second-order valence-corrected chi connectivity index (χ2v) is 4.23. The average Bonchev–Trinajstić information content (AvgIpc) is 2.16. The summed E-state index contributed by atoms with van der Waals surface area (Å²) < 4.78 is 0.576. The maximum Gasteiger partial charge on any atom is 0.335 e. The monoisotopic (exact) mass is 286 g/mol. The highest BCUT2D eigenvalue weighted by Crippen LogP contribution is 2.19. The SMILES string of the molecule is CC(N)C(=O)Nc1cc(Br)cc(C(=O)O)c1. The number of aromatic carboxylic acids is 1. The fourth-order valence-corrected chi connectivity index (χ4v) is 1.53. The van der Waals surface area contributed by atoms with Crippen molar-refractivity contribution in [3.63, 3.8) is 0 Å². The lowest BCUT2D eigenvalue weighted by Gasteiger charge is -2.08. The van der Waals surface area contributed by atoms with E-state index in [1.54, 1.807) is 13.0 Å². The largest absolute Gasteiger partial charge is 0.478 e. The van der Waals surface area contributed by atoms with Crippen LogP contribution in [-0.4, -0.2) is 23.0 Å². The van der Waals surface area contributed by atoms with Crippen molar-refractivity contribution in [2.45, 2.75) is 13.0 Å². The van der Waals surface area contributed by atoms with E-state index in [4.69, 9.17) is 10.8 Å². The molecule has 1 rings (SSSR count). The summed E-state index contributed by atoms with van der Waals surface area (Å²) in [5.41, 5.74) is 5.87. The maximum atomic E-state index is 11.3. The molecule has 0 aliphatic rings. The van der Waals surface area contributed by atoms with Gasteiger partial charge in [0.1, 0.15) is 0 Å². The first-order chi connectivity index (χ1) is 7.40. The van der Waals surface area contributed by atoms with E-state index in [0.29, 0.717) is 10.2 Å². The Labute approximate surface area is 101 Å². The van der Waals surface area contributed by atoms with Crippen molar-refractivity contribution < 1.29 is 14.7 Å². The predicted octanol–water partition coefficient (Wildman–Crippen LogP) is 1.43. The van der Waals surface area contributed by atoms with Gasteiger partial charge >= 0.3 is 5.97 Å². The minimum atomic E-state index is -1.06. The summed E-state index contributed by atoms with van der Waals surface area (Å²) in [5.74, 6) is -1.42. The number of anilines is 1. The standard InChI is InChI=1S/C10H11BrN2O3/c1-5(12)9(14)13-8-3-6(10(15)16)2-7(11)4-8/h2-5H,12H2,1H3,(H,13,14)(H,15,16). The molecule has 86 valence electrons. The Bertz CT molecular complexity index is 432. The fourth-order valence-electron chi connectivity index (χ4n) is 1.04. The van der Waals surface area contributed by atoms with Crippen LogP contribution in [0.3, 0.4) is 0 Å². The summed E-state index contributed by atoms with van der Waals surface area (Å²) in [6.07, 6.45) is 0. The number of nitrogens with two attached hydrogens (primary N) is 1. The highest BCUT2D eigenvalue weighted by atomic mass is 79.9. The molecule has 0 bridgehead atoms. The molecule has 0 heterocycles. The lowest BCUT2D eigenvalue weighted by Crippen LogP contribution is -2.32. The smallest absolute Gasteiger partial charge is 0.335 e. The van der Waals surface area contributed by atoms with Gasteiger partial charge in [0, 0.05) is 10.2 Å². The lowest BCUT2D eigenvalue weighted by molar-refractivity contribution is -0.117. The zero-order valence-electron chi connectivity index (χ0n) is 8.53. The molecule has 4 N–H and O–H groups in total. The topological polar surface area (TPSA) is 92.4 Å². The van der Waals surface area contributed by atoms with Crippen LogP contribution in [0.4, 0.5) is 5.69 Å². The van der Waals surface area contributed by atoms with Gasteiger partial charge < -0.3 is 16.2 Å². The Morgan fingerprint density at radius 3 is 2.56 bits per heavy atom. The van der Waals surface area contributed by atoms with Crippen molar-refractivity contribution in [1.29, 1.82) is 0 Å². The average molecular weight is 287 g/mol.